The largest absolute Gasteiger partial charge is 0.348 e. The summed E-state index contributed by atoms with van der Waals surface area (Å²) in [5.74, 6) is -0.000934. The Morgan fingerprint density at radius 1 is 1.00 bits per heavy atom. The maximum Gasteiger partial charge on any atom is 0.251 e. The second-order valence-electron chi connectivity index (χ2n) is 6.89. The zero-order valence-electron chi connectivity index (χ0n) is 14.8. The van der Waals surface area contributed by atoms with Crippen LogP contribution in [0.2, 0.25) is 0 Å². The third-order valence-corrected chi connectivity index (χ3v) is 4.99. The molecule has 1 heterocycles. The number of carbonyl (C=O) groups is 1. The Morgan fingerprint density at radius 3 is 2.54 bits per heavy atom. The minimum atomic E-state index is -0.000934. The molecule has 1 aliphatic rings. The van der Waals surface area contributed by atoms with Gasteiger partial charge in [-0.05, 0) is 66.1 Å². The van der Waals surface area contributed by atoms with E-state index in [0.29, 0.717) is 6.54 Å². The summed E-state index contributed by atoms with van der Waals surface area (Å²) in [7, 11) is 0. The first kappa shape index (κ1) is 16.6. The highest BCUT2D eigenvalue weighted by Gasteiger charge is 2.12. The fraction of sp³-hybridized carbons (Fsp3) is 0.273. The van der Waals surface area contributed by atoms with Crippen molar-refractivity contribution in [1.29, 1.82) is 0 Å². The molecule has 1 amide bonds. The minimum Gasteiger partial charge on any atom is -0.348 e. The highest BCUT2D eigenvalue weighted by atomic mass is 16.1. The van der Waals surface area contributed by atoms with Gasteiger partial charge in [0.05, 0.1) is 6.54 Å². The van der Waals surface area contributed by atoms with E-state index in [4.69, 9.17) is 0 Å². The SMILES string of the molecule is O=C(NCc1ccc(Cn2cccn2)cc1)c1ccc2c(c1)CCCC2. The summed E-state index contributed by atoms with van der Waals surface area (Å²) < 4.78 is 1.90. The second-order valence-corrected chi connectivity index (χ2v) is 6.89. The Morgan fingerprint density at radius 2 is 1.77 bits per heavy atom. The molecular formula is C22H23N3O. The highest BCUT2D eigenvalue weighted by molar-refractivity contribution is 5.94. The van der Waals surface area contributed by atoms with Crippen LogP contribution in [0.4, 0.5) is 0 Å². The molecule has 1 N–H and O–H groups in total. The number of rotatable bonds is 5. The van der Waals surface area contributed by atoms with Gasteiger partial charge in [0.15, 0.2) is 0 Å². The number of aromatic nitrogens is 2. The Balaban J connectivity index is 1.35. The van der Waals surface area contributed by atoms with Crippen LogP contribution in [0.15, 0.2) is 60.9 Å². The molecule has 26 heavy (non-hydrogen) atoms. The molecular weight excluding hydrogens is 322 g/mol. The van der Waals surface area contributed by atoms with Gasteiger partial charge in [-0.15, -0.1) is 0 Å². The number of carbonyl (C=O) groups excluding carboxylic acids is 1. The van der Waals surface area contributed by atoms with Gasteiger partial charge in [0.25, 0.3) is 5.91 Å². The summed E-state index contributed by atoms with van der Waals surface area (Å²) in [5, 5.41) is 7.25. The number of hydrogen-bond donors (Lipinski definition) is 1. The van der Waals surface area contributed by atoms with E-state index >= 15 is 0 Å². The van der Waals surface area contributed by atoms with Crippen LogP contribution in [0.5, 0.6) is 0 Å². The van der Waals surface area contributed by atoms with Gasteiger partial charge < -0.3 is 5.32 Å². The van der Waals surface area contributed by atoms with Gasteiger partial charge in [-0.2, -0.15) is 5.10 Å². The zero-order chi connectivity index (χ0) is 17.8. The molecule has 132 valence electrons. The van der Waals surface area contributed by atoms with E-state index in [1.807, 2.05) is 23.0 Å². The van der Waals surface area contributed by atoms with Gasteiger partial charge >= 0.3 is 0 Å². The van der Waals surface area contributed by atoms with Crippen LogP contribution in [-0.4, -0.2) is 15.7 Å². The third kappa shape index (κ3) is 3.85. The number of nitrogens with zero attached hydrogens (tertiary/aromatic N) is 2. The third-order valence-electron chi connectivity index (χ3n) is 4.99. The predicted octanol–water partition coefficient (Wildman–Crippen LogP) is 3.74. The summed E-state index contributed by atoms with van der Waals surface area (Å²) in [6.45, 7) is 1.30. The Labute approximate surface area is 153 Å². The number of hydrogen-bond acceptors (Lipinski definition) is 2. The first-order valence-corrected chi connectivity index (χ1v) is 9.23. The molecule has 0 spiro atoms. The lowest BCUT2D eigenvalue weighted by atomic mass is 9.90. The van der Waals surface area contributed by atoms with Crippen molar-refractivity contribution < 1.29 is 4.79 Å². The lowest BCUT2D eigenvalue weighted by molar-refractivity contribution is 0.0951. The monoisotopic (exact) mass is 345 g/mol. The van der Waals surface area contributed by atoms with Crippen molar-refractivity contribution in [2.75, 3.05) is 0 Å². The lowest BCUT2D eigenvalue weighted by Gasteiger charge is -2.16. The van der Waals surface area contributed by atoms with Gasteiger partial charge in [0.2, 0.25) is 0 Å². The maximum absolute atomic E-state index is 12.5. The normalized spacial score (nSPS) is 13.2. The van der Waals surface area contributed by atoms with Crippen molar-refractivity contribution in [2.45, 2.75) is 38.8 Å². The zero-order valence-corrected chi connectivity index (χ0v) is 14.8. The second kappa shape index (κ2) is 7.56. The van der Waals surface area contributed by atoms with E-state index in [0.717, 1.165) is 30.5 Å². The summed E-state index contributed by atoms with van der Waals surface area (Å²) in [6.07, 6.45) is 8.45. The van der Waals surface area contributed by atoms with Crippen molar-refractivity contribution in [1.82, 2.24) is 15.1 Å². The van der Waals surface area contributed by atoms with E-state index in [2.05, 4.69) is 46.8 Å². The Bertz CT molecular complexity index is 882. The smallest absolute Gasteiger partial charge is 0.251 e. The van der Waals surface area contributed by atoms with E-state index in [9.17, 15) is 4.79 Å². The Hall–Kier alpha value is -2.88. The van der Waals surface area contributed by atoms with E-state index in [1.165, 1.54) is 29.5 Å². The molecule has 0 bridgehead atoms. The molecule has 0 unspecified atom stereocenters. The number of amides is 1. The van der Waals surface area contributed by atoms with Crippen LogP contribution in [0, 0.1) is 0 Å². The molecule has 0 saturated carbocycles. The van der Waals surface area contributed by atoms with Crippen molar-refractivity contribution >= 4 is 5.91 Å². The molecule has 3 aromatic rings. The van der Waals surface area contributed by atoms with Crippen LogP contribution >= 0.6 is 0 Å². The lowest BCUT2D eigenvalue weighted by Crippen LogP contribution is -2.23. The number of benzene rings is 2. The molecule has 0 radical (unpaired) electrons. The maximum atomic E-state index is 12.5. The van der Waals surface area contributed by atoms with Gasteiger partial charge in [-0.25, -0.2) is 0 Å². The molecule has 1 aliphatic carbocycles. The average molecular weight is 345 g/mol. The highest BCUT2D eigenvalue weighted by Crippen LogP contribution is 2.22. The van der Waals surface area contributed by atoms with Crippen LogP contribution in [0.3, 0.4) is 0 Å². The van der Waals surface area contributed by atoms with Crippen LogP contribution in [0.25, 0.3) is 0 Å². The molecule has 0 aliphatic heterocycles. The van der Waals surface area contributed by atoms with Crippen molar-refractivity contribution in [3.05, 3.63) is 88.7 Å². The summed E-state index contributed by atoms with van der Waals surface area (Å²) in [4.78, 5) is 12.5. The summed E-state index contributed by atoms with van der Waals surface area (Å²) in [5.41, 5.74) is 5.80. The molecule has 4 heteroatoms. The number of aryl methyl sites for hydroxylation is 2. The molecule has 2 aromatic carbocycles. The average Bonchev–Trinajstić information content (AvgIpc) is 3.20. The fourth-order valence-electron chi connectivity index (χ4n) is 3.50. The summed E-state index contributed by atoms with van der Waals surface area (Å²) in [6, 6.07) is 16.4. The summed E-state index contributed by atoms with van der Waals surface area (Å²) >= 11 is 0. The molecule has 0 saturated heterocycles. The molecule has 4 rings (SSSR count). The van der Waals surface area contributed by atoms with Crippen LogP contribution in [-0.2, 0) is 25.9 Å². The molecule has 0 fully saturated rings. The van der Waals surface area contributed by atoms with Gasteiger partial charge in [-0.1, -0.05) is 30.3 Å². The minimum absolute atomic E-state index is 0.000934. The van der Waals surface area contributed by atoms with E-state index < -0.39 is 0 Å². The van der Waals surface area contributed by atoms with Crippen molar-refractivity contribution in [3.63, 3.8) is 0 Å². The predicted molar refractivity (Wildman–Crippen MR) is 102 cm³/mol. The van der Waals surface area contributed by atoms with Gasteiger partial charge in [0, 0.05) is 24.5 Å². The van der Waals surface area contributed by atoms with E-state index in [-0.39, 0.29) is 5.91 Å². The van der Waals surface area contributed by atoms with Gasteiger partial charge in [0.1, 0.15) is 0 Å². The first-order chi connectivity index (χ1) is 12.8. The van der Waals surface area contributed by atoms with Crippen molar-refractivity contribution in [3.8, 4) is 0 Å². The topological polar surface area (TPSA) is 46.9 Å². The molecule has 4 nitrogen and oxygen atoms in total. The quantitative estimate of drug-likeness (QED) is 0.766. The molecule has 1 aromatic heterocycles. The number of nitrogens with one attached hydrogen (secondary N) is 1. The van der Waals surface area contributed by atoms with Crippen LogP contribution < -0.4 is 5.32 Å². The Kier molecular flexibility index (Phi) is 4.82. The first-order valence-electron chi connectivity index (χ1n) is 9.23. The number of fused-ring (bicyclic) bond motifs is 1. The standard InChI is InChI=1S/C22H23N3O/c26-22(21-11-10-19-4-1-2-5-20(19)14-21)23-15-17-6-8-18(9-7-17)16-25-13-3-12-24-25/h3,6-14H,1-2,4-5,15-16H2,(H,23,26). The van der Waals surface area contributed by atoms with Crippen molar-refractivity contribution in [2.24, 2.45) is 0 Å². The van der Waals surface area contributed by atoms with E-state index in [1.54, 1.807) is 6.20 Å². The van der Waals surface area contributed by atoms with Crippen LogP contribution in [0.1, 0.15) is 45.5 Å². The molecule has 0 atom stereocenters. The fourth-order valence-corrected chi connectivity index (χ4v) is 3.50. The van der Waals surface area contributed by atoms with Gasteiger partial charge in [-0.3, -0.25) is 9.48 Å².